The van der Waals surface area contributed by atoms with Gasteiger partial charge in [-0.05, 0) is 22.0 Å². The maximum absolute atomic E-state index is 12.0. The molecule has 0 amide bonds. The molecule has 0 aromatic carbocycles. The summed E-state index contributed by atoms with van der Waals surface area (Å²) in [5, 5.41) is 3.50. The van der Waals surface area contributed by atoms with Crippen LogP contribution in [0, 0.1) is 0 Å². The summed E-state index contributed by atoms with van der Waals surface area (Å²) in [6.07, 6.45) is 1.46. The lowest BCUT2D eigenvalue weighted by Crippen LogP contribution is -2.22. The van der Waals surface area contributed by atoms with Gasteiger partial charge in [-0.2, -0.15) is 0 Å². The van der Waals surface area contributed by atoms with E-state index in [2.05, 4.69) is 25.8 Å². The van der Waals surface area contributed by atoms with Crippen LogP contribution in [0.5, 0.6) is 0 Å². The molecule has 18 heavy (non-hydrogen) atoms. The van der Waals surface area contributed by atoms with Crippen molar-refractivity contribution >= 4 is 37.3 Å². The second-order valence-electron chi connectivity index (χ2n) is 3.36. The number of sulfonamides is 1. The van der Waals surface area contributed by atoms with Crippen molar-refractivity contribution in [3.05, 3.63) is 32.8 Å². The molecule has 9 heteroatoms. The average Bonchev–Trinajstić information content (AvgIpc) is 2.95. The summed E-state index contributed by atoms with van der Waals surface area (Å²) >= 11 is 4.52. The minimum absolute atomic E-state index is 0.0581. The molecule has 0 radical (unpaired) electrons. The number of aromatic nitrogens is 1. The Morgan fingerprint density at radius 3 is 2.89 bits per heavy atom. The molecule has 0 spiro atoms. The van der Waals surface area contributed by atoms with Crippen molar-refractivity contribution in [3.63, 3.8) is 0 Å². The minimum Gasteiger partial charge on any atom is -0.360 e. The van der Waals surface area contributed by atoms with Crippen LogP contribution in [0.25, 0.3) is 0 Å². The molecule has 0 unspecified atom stereocenters. The van der Waals surface area contributed by atoms with Gasteiger partial charge in [-0.25, -0.2) is 13.1 Å². The summed E-state index contributed by atoms with van der Waals surface area (Å²) in [6.45, 7) is 0.365. The van der Waals surface area contributed by atoms with Crippen molar-refractivity contribution in [1.29, 1.82) is 0 Å². The summed E-state index contributed by atoms with van der Waals surface area (Å²) in [5.74, 6) is 0.448. The van der Waals surface area contributed by atoms with Crippen LogP contribution in [-0.2, 0) is 23.1 Å². The Labute approximate surface area is 116 Å². The molecule has 2 aromatic rings. The molecule has 0 aliphatic heterocycles. The number of hydrogen-bond donors (Lipinski definition) is 2. The van der Waals surface area contributed by atoms with E-state index in [1.807, 2.05) is 0 Å². The molecule has 98 valence electrons. The molecule has 3 N–H and O–H groups in total. The van der Waals surface area contributed by atoms with E-state index in [0.717, 1.165) is 4.88 Å². The summed E-state index contributed by atoms with van der Waals surface area (Å²) in [4.78, 5) is 0.981. The van der Waals surface area contributed by atoms with E-state index in [0.29, 0.717) is 16.1 Å². The van der Waals surface area contributed by atoms with Crippen molar-refractivity contribution in [2.45, 2.75) is 18.0 Å². The highest BCUT2D eigenvalue weighted by Gasteiger charge is 2.20. The maximum atomic E-state index is 12.0. The van der Waals surface area contributed by atoms with Gasteiger partial charge in [0.2, 0.25) is 10.0 Å². The molecule has 0 atom stereocenters. The van der Waals surface area contributed by atoms with Crippen LogP contribution in [0.2, 0.25) is 0 Å². The number of thiophene rings is 1. The SMILES string of the molecule is NCc1cc(S(=O)(=O)NCc2ccno2)c(Br)s1. The zero-order valence-corrected chi connectivity index (χ0v) is 12.3. The fraction of sp³-hybridized carbons (Fsp3) is 0.222. The quantitative estimate of drug-likeness (QED) is 0.848. The van der Waals surface area contributed by atoms with Gasteiger partial charge in [0.05, 0.1) is 16.5 Å². The molecule has 0 aliphatic rings. The van der Waals surface area contributed by atoms with E-state index in [4.69, 9.17) is 10.3 Å². The first-order chi connectivity index (χ1) is 8.53. The van der Waals surface area contributed by atoms with Crippen LogP contribution >= 0.6 is 27.3 Å². The van der Waals surface area contributed by atoms with Crippen LogP contribution in [0.3, 0.4) is 0 Å². The van der Waals surface area contributed by atoms with Crippen molar-refractivity contribution in [2.75, 3.05) is 0 Å². The Hall–Kier alpha value is -0.740. The molecule has 0 saturated carbocycles. The summed E-state index contributed by atoms with van der Waals surface area (Å²) in [5.41, 5.74) is 5.48. The van der Waals surface area contributed by atoms with Gasteiger partial charge in [0.15, 0.2) is 5.76 Å². The van der Waals surface area contributed by atoms with E-state index < -0.39 is 10.0 Å². The van der Waals surface area contributed by atoms with Crippen LogP contribution in [0.15, 0.2) is 31.5 Å². The fourth-order valence-corrected chi connectivity index (χ4v) is 4.81. The average molecular weight is 352 g/mol. The van der Waals surface area contributed by atoms with E-state index in [1.165, 1.54) is 17.5 Å². The van der Waals surface area contributed by atoms with Crippen molar-refractivity contribution < 1.29 is 12.9 Å². The lowest BCUT2D eigenvalue weighted by Gasteiger charge is -2.03. The van der Waals surface area contributed by atoms with Gasteiger partial charge in [-0.3, -0.25) is 0 Å². The van der Waals surface area contributed by atoms with E-state index >= 15 is 0 Å². The monoisotopic (exact) mass is 351 g/mol. The molecule has 0 saturated heterocycles. The Balaban J connectivity index is 2.17. The van der Waals surface area contributed by atoms with Crippen LogP contribution in [0.4, 0.5) is 0 Å². The van der Waals surface area contributed by atoms with Gasteiger partial charge < -0.3 is 10.3 Å². The van der Waals surface area contributed by atoms with Crippen molar-refractivity contribution in [1.82, 2.24) is 9.88 Å². The second kappa shape index (κ2) is 5.49. The zero-order valence-electron chi connectivity index (χ0n) is 9.09. The third-order valence-electron chi connectivity index (χ3n) is 2.12. The van der Waals surface area contributed by atoms with E-state index in [-0.39, 0.29) is 11.4 Å². The third-order valence-corrected chi connectivity index (χ3v) is 5.80. The van der Waals surface area contributed by atoms with Gasteiger partial charge >= 0.3 is 0 Å². The number of nitrogens with one attached hydrogen (secondary N) is 1. The molecule has 2 rings (SSSR count). The van der Waals surface area contributed by atoms with Crippen molar-refractivity contribution in [3.8, 4) is 0 Å². The molecule has 0 bridgehead atoms. The Morgan fingerprint density at radius 2 is 2.33 bits per heavy atom. The number of hydrogen-bond acceptors (Lipinski definition) is 6. The number of halogens is 1. The van der Waals surface area contributed by atoms with Gasteiger partial charge in [0.1, 0.15) is 4.90 Å². The standard InChI is InChI=1S/C9H10BrN3O3S2/c10-9-8(3-7(4-11)17-9)18(14,15)13-5-6-1-2-12-16-6/h1-3,13H,4-5,11H2. The Kier molecular flexibility index (Phi) is 4.17. The highest BCUT2D eigenvalue weighted by Crippen LogP contribution is 2.31. The van der Waals surface area contributed by atoms with Gasteiger partial charge in [-0.15, -0.1) is 11.3 Å². The van der Waals surface area contributed by atoms with Crippen molar-refractivity contribution in [2.24, 2.45) is 5.73 Å². The number of nitrogens with two attached hydrogens (primary N) is 1. The zero-order chi connectivity index (χ0) is 13.2. The lowest BCUT2D eigenvalue weighted by molar-refractivity contribution is 0.380. The molecular weight excluding hydrogens is 342 g/mol. The molecule has 6 nitrogen and oxygen atoms in total. The normalized spacial score (nSPS) is 11.9. The highest BCUT2D eigenvalue weighted by atomic mass is 79.9. The molecule has 0 fully saturated rings. The number of rotatable bonds is 5. The van der Waals surface area contributed by atoms with Crippen LogP contribution < -0.4 is 10.5 Å². The highest BCUT2D eigenvalue weighted by molar-refractivity contribution is 9.11. The summed E-state index contributed by atoms with van der Waals surface area (Å²) < 4.78 is 31.9. The predicted molar refractivity (Wildman–Crippen MR) is 70.4 cm³/mol. The van der Waals surface area contributed by atoms with Gasteiger partial charge in [0.25, 0.3) is 0 Å². The third kappa shape index (κ3) is 2.98. The molecule has 2 heterocycles. The first-order valence-electron chi connectivity index (χ1n) is 4.90. The Bertz CT molecular complexity index is 622. The lowest BCUT2D eigenvalue weighted by atomic mass is 10.5. The van der Waals surface area contributed by atoms with E-state index in [1.54, 1.807) is 12.1 Å². The largest absolute Gasteiger partial charge is 0.360 e. The first kappa shape index (κ1) is 13.7. The first-order valence-corrected chi connectivity index (χ1v) is 7.99. The summed E-state index contributed by atoms with van der Waals surface area (Å²) in [6, 6.07) is 3.15. The van der Waals surface area contributed by atoms with Gasteiger partial charge in [-0.1, -0.05) is 5.16 Å². The minimum atomic E-state index is -3.59. The van der Waals surface area contributed by atoms with Crippen LogP contribution in [-0.4, -0.2) is 13.6 Å². The predicted octanol–water partition coefficient (Wildman–Crippen LogP) is 1.44. The summed E-state index contributed by atoms with van der Waals surface area (Å²) in [7, 11) is -3.59. The van der Waals surface area contributed by atoms with Gasteiger partial charge in [0, 0.05) is 17.5 Å². The Morgan fingerprint density at radius 1 is 1.56 bits per heavy atom. The fourth-order valence-electron chi connectivity index (χ4n) is 1.26. The topological polar surface area (TPSA) is 98.2 Å². The number of nitrogens with zero attached hydrogens (tertiary/aromatic N) is 1. The molecular formula is C9H10BrN3O3S2. The van der Waals surface area contributed by atoms with E-state index in [9.17, 15) is 8.42 Å². The molecule has 0 aliphatic carbocycles. The molecule has 2 aromatic heterocycles. The van der Waals surface area contributed by atoms with Crippen LogP contribution in [0.1, 0.15) is 10.6 Å². The maximum Gasteiger partial charge on any atom is 0.242 e. The second-order valence-corrected chi connectivity index (χ2v) is 7.55. The smallest absolute Gasteiger partial charge is 0.242 e.